The number of rotatable bonds is 5. The summed E-state index contributed by atoms with van der Waals surface area (Å²) in [7, 11) is 1.61. The van der Waals surface area contributed by atoms with Gasteiger partial charge in [0.1, 0.15) is 17.1 Å². The molecule has 0 aliphatic heterocycles. The zero-order valence-electron chi connectivity index (χ0n) is 16.6. The van der Waals surface area contributed by atoms with E-state index >= 15 is 0 Å². The van der Waals surface area contributed by atoms with E-state index in [-0.39, 0.29) is 17.2 Å². The van der Waals surface area contributed by atoms with Crippen LogP contribution in [0, 0.1) is 0 Å². The molecule has 148 valence electrons. The lowest BCUT2D eigenvalue weighted by Gasteiger charge is -2.16. The SMILES string of the molecule is Cn1c(C(=O)NCc2ccccc2)c(-c2ccccc2)nc(-c2ccccc2)c1=O. The molecule has 0 saturated heterocycles. The Labute approximate surface area is 174 Å². The van der Waals surface area contributed by atoms with Crippen LogP contribution in [-0.4, -0.2) is 15.5 Å². The maximum Gasteiger partial charge on any atom is 0.277 e. The van der Waals surface area contributed by atoms with Crippen LogP contribution in [0.25, 0.3) is 22.5 Å². The smallest absolute Gasteiger partial charge is 0.277 e. The lowest BCUT2D eigenvalue weighted by atomic mass is 10.1. The molecule has 0 unspecified atom stereocenters. The van der Waals surface area contributed by atoms with Crippen molar-refractivity contribution in [2.75, 3.05) is 0 Å². The van der Waals surface area contributed by atoms with E-state index in [1.54, 1.807) is 7.05 Å². The van der Waals surface area contributed by atoms with Gasteiger partial charge in [0.15, 0.2) is 0 Å². The molecule has 4 rings (SSSR count). The Morgan fingerprint density at radius 3 is 1.87 bits per heavy atom. The number of amides is 1. The maximum atomic E-state index is 13.1. The van der Waals surface area contributed by atoms with Crippen LogP contribution in [-0.2, 0) is 13.6 Å². The van der Waals surface area contributed by atoms with Crippen LogP contribution < -0.4 is 10.9 Å². The average Bonchev–Trinajstić information content (AvgIpc) is 2.81. The van der Waals surface area contributed by atoms with Crippen LogP contribution in [0.1, 0.15) is 16.1 Å². The zero-order valence-corrected chi connectivity index (χ0v) is 16.6. The number of carbonyl (C=O) groups excluding carboxylic acids is 1. The van der Waals surface area contributed by atoms with Crippen molar-refractivity contribution in [3.05, 3.63) is 113 Å². The highest BCUT2D eigenvalue weighted by molar-refractivity contribution is 5.98. The van der Waals surface area contributed by atoms with Crippen molar-refractivity contribution in [1.29, 1.82) is 0 Å². The second-order valence-corrected chi connectivity index (χ2v) is 6.92. The van der Waals surface area contributed by atoms with Crippen molar-refractivity contribution in [2.45, 2.75) is 6.54 Å². The molecule has 0 atom stereocenters. The van der Waals surface area contributed by atoms with Crippen LogP contribution >= 0.6 is 0 Å². The highest BCUT2D eigenvalue weighted by atomic mass is 16.2. The number of aromatic nitrogens is 2. The Morgan fingerprint density at radius 1 is 0.800 bits per heavy atom. The highest BCUT2D eigenvalue weighted by Gasteiger charge is 2.22. The van der Waals surface area contributed by atoms with Crippen LogP contribution in [0.5, 0.6) is 0 Å². The topological polar surface area (TPSA) is 64.0 Å². The fourth-order valence-electron chi connectivity index (χ4n) is 3.33. The van der Waals surface area contributed by atoms with Crippen LogP contribution in [0.3, 0.4) is 0 Å². The standard InChI is InChI=1S/C25H21N3O2/c1-28-23(24(29)26-17-18-11-5-2-6-12-18)21(19-13-7-3-8-14-19)27-22(25(28)30)20-15-9-4-10-16-20/h2-16H,17H2,1H3,(H,26,29). The summed E-state index contributed by atoms with van der Waals surface area (Å²) in [6.45, 7) is 0.364. The molecule has 0 aliphatic rings. The normalized spacial score (nSPS) is 10.6. The number of nitrogens with one attached hydrogen (secondary N) is 1. The monoisotopic (exact) mass is 395 g/mol. The number of benzene rings is 3. The molecule has 30 heavy (non-hydrogen) atoms. The van der Waals surface area contributed by atoms with Crippen molar-refractivity contribution in [1.82, 2.24) is 14.9 Å². The van der Waals surface area contributed by atoms with E-state index in [0.717, 1.165) is 11.1 Å². The minimum atomic E-state index is -0.343. The molecule has 1 amide bonds. The van der Waals surface area contributed by atoms with Gasteiger partial charge in [-0.2, -0.15) is 0 Å². The molecule has 5 heteroatoms. The van der Waals surface area contributed by atoms with Gasteiger partial charge < -0.3 is 9.88 Å². The van der Waals surface area contributed by atoms with Gasteiger partial charge in [0, 0.05) is 24.7 Å². The minimum Gasteiger partial charge on any atom is -0.347 e. The van der Waals surface area contributed by atoms with Gasteiger partial charge in [-0.05, 0) is 5.56 Å². The molecule has 5 nitrogen and oxygen atoms in total. The molecule has 0 aliphatic carbocycles. The van der Waals surface area contributed by atoms with Crippen LogP contribution in [0.15, 0.2) is 95.8 Å². The Kier molecular flexibility index (Phi) is 5.52. The summed E-state index contributed by atoms with van der Waals surface area (Å²) in [5.41, 5.74) is 3.18. The van der Waals surface area contributed by atoms with Gasteiger partial charge in [0.05, 0.1) is 0 Å². The quantitative estimate of drug-likeness (QED) is 0.555. The van der Waals surface area contributed by atoms with E-state index in [4.69, 9.17) is 0 Å². The minimum absolute atomic E-state index is 0.238. The number of nitrogens with zero attached hydrogens (tertiary/aromatic N) is 2. The number of hydrogen-bond donors (Lipinski definition) is 1. The van der Waals surface area contributed by atoms with Crippen molar-refractivity contribution in [3.8, 4) is 22.5 Å². The lowest BCUT2D eigenvalue weighted by Crippen LogP contribution is -2.33. The summed E-state index contributed by atoms with van der Waals surface area (Å²) in [5, 5.41) is 2.91. The first-order valence-electron chi connectivity index (χ1n) is 9.69. The van der Waals surface area contributed by atoms with Gasteiger partial charge >= 0.3 is 0 Å². The molecular formula is C25H21N3O2. The molecule has 4 aromatic rings. The van der Waals surface area contributed by atoms with E-state index in [9.17, 15) is 9.59 Å². The van der Waals surface area contributed by atoms with Crippen molar-refractivity contribution in [2.24, 2.45) is 7.05 Å². The van der Waals surface area contributed by atoms with Gasteiger partial charge in [-0.3, -0.25) is 9.59 Å². The summed E-state index contributed by atoms with van der Waals surface area (Å²) < 4.78 is 1.39. The van der Waals surface area contributed by atoms with Crippen molar-refractivity contribution in [3.63, 3.8) is 0 Å². The van der Waals surface area contributed by atoms with Crippen molar-refractivity contribution >= 4 is 5.91 Å². The molecule has 3 aromatic carbocycles. The molecule has 1 aromatic heterocycles. The summed E-state index contributed by atoms with van der Waals surface area (Å²) >= 11 is 0. The highest BCUT2D eigenvalue weighted by Crippen LogP contribution is 2.23. The molecule has 0 saturated carbocycles. The fourth-order valence-corrected chi connectivity index (χ4v) is 3.33. The Balaban J connectivity index is 1.82. The molecule has 1 heterocycles. The summed E-state index contributed by atoms with van der Waals surface area (Å²) in [4.78, 5) is 30.9. The Bertz CT molecular complexity index is 1220. The number of hydrogen-bond acceptors (Lipinski definition) is 3. The predicted molar refractivity (Wildman–Crippen MR) is 118 cm³/mol. The summed E-state index contributed by atoms with van der Waals surface area (Å²) in [5.74, 6) is -0.343. The van der Waals surface area contributed by atoms with Gasteiger partial charge in [0.25, 0.3) is 11.5 Å². The van der Waals surface area contributed by atoms with Crippen LogP contribution in [0.2, 0.25) is 0 Å². The first-order chi connectivity index (χ1) is 14.6. The average molecular weight is 395 g/mol. The second kappa shape index (κ2) is 8.57. The van der Waals surface area contributed by atoms with Crippen molar-refractivity contribution < 1.29 is 4.79 Å². The third kappa shape index (κ3) is 3.91. The van der Waals surface area contributed by atoms with Gasteiger partial charge in [-0.25, -0.2) is 4.98 Å². The summed E-state index contributed by atoms with van der Waals surface area (Å²) in [6, 6.07) is 28.4. The first-order valence-corrected chi connectivity index (χ1v) is 9.69. The van der Waals surface area contributed by atoms with E-state index in [2.05, 4.69) is 10.3 Å². The molecule has 0 fully saturated rings. The van der Waals surface area contributed by atoms with E-state index < -0.39 is 0 Å². The van der Waals surface area contributed by atoms with E-state index in [1.807, 2.05) is 91.0 Å². The Morgan fingerprint density at radius 2 is 1.30 bits per heavy atom. The largest absolute Gasteiger partial charge is 0.347 e. The third-order valence-corrected chi connectivity index (χ3v) is 4.90. The zero-order chi connectivity index (χ0) is 20.9. The Hall–Kier alpha value is -3.99. The van der Waals surface area contributed by atoms with E-state index in [0.29, 0.717) is 23.5 Å². The molecule has 1 N–H and O–H groups in total. The fraction of sp³-hybridized carbons (Fsp3) is 0.0800. The molecule has 0 spiro atoms. The van der Waals surface area contributed by atoms with Gasteiger partial charge in [-0.15, -0.1) is 0 Å². The van der Waals surface area contributed by atoms with Gasteiger partial charge in [-0.1, -0.05) is 91.0 Å². The lowest BCUT2D eigenvalue weighted by molar-refractivity contribution is 0.0942. The summed E-state index contributed by atoms with van der Waals surface area (Å²) in [6.07, 6.45) is 0. The molecule has 0 radical (unpaired) electrons. The molecular weight excluding hydrogens is 374 g/mol. The molecule has 0 bridgehead atoms. The predicted octanol–water partition coefficient (Wildman–Crippen LogP) is 4.04. The maximum absolute atomic E-state index is 13.1. The second-order valence-electron chi connectivity index (χ2n) is 6.92. The first kappa shape index (κ1) is 19.3. The third-order valence-electron chi connectivity index (χ3n) is 4.90. The van der Waals surface area contributed by atoms with Gasteiger partial charge in [0.2, 0.25) is 0 Å². The number of carbonyl (C=O) groups is 1. The van der Waals surface area contributed by atoms with E-state index in [1.165, 1.54) is 4.57 Å². The van der Waals surface area contributed by atoms with Crippen LogP contribution in [0.4, 0.5) is 0 Å².